The van der Waals surface area contributed by atoms with Gasteiger partial charge in [0.25, 0.3) is 0 Å². The Morgan fingerprint density at radius 3 is 2.93 bits per heavy atom. The first-order valence-corrected chi connectivity index (χ1v) is 4.62. The quantitative estimate of drug-likeness (QED) is 0.409. The Morgan fingerprint density at radius 2 is 2.29 bits per heavy atom. The van der Waals surface area contributed by atoms with Crippen molar-refractivity contribution in [3.8, 4) is 11.8 Å². The van der Waals surface area contributed by atoms with E-state index < -0.39 is 0 Å². The molecule has 0 spiro atoms. The third-order valence-corrected chi connectivity index (χ3v) is 1.57. The normalized spacial score (nSPS) is 9.57. The van der Waals surface area contributed by atoms with E-state index in [4.69, 9.17) is 5.11 Å². The SMILES string of the molecule is COC(=O)CCCCC#CC=CCO. The van der Waals surface area contributed by atoms with E-state index in [9.17, 15) is 4.79 Å². The van der Waals surface area contributed by atoms with Crippen LogP contribution in [-0.2, 0) is 9.53 Å². The topological polar surface area (TPSA) is 46.5 Å². The third kappa shape index (κ3) is 8.82. The molecule has 0 aliphatic rings. The number of rotatable bonds is 5. The van der Waals surface area contributed by atoms with E-state index in [0.717, 1.165) is 19.3 Å². The summed E-state index contributed by atoms with van der Waals surface area (Å²) in [5.74, 6) is 5.53. The van der Waals surface area contributed by atoms with Crippen molar-refractivity contribution in [1.82, 2.24) is 0 Å². The largest absolute Gasteiger partial charge is 0.469 e. The molecule has 0 aromatic rings. The van der Waals surface area contributed by atoms with Crippen molar-refractivity contribution in [1.29, 1.82) is 0 Å². The molecule has 3 nitrogen and oxygen atoms in total. The molecule has 0 bridgehead atoms. The lowest BCUT2D eigenvalue weighted by molar-refractivity contribution is -0.140. The molecule has 0 heterocycles. The molecule has 0 fully saturated rings. The molecule has 0 aromatic heterocycles. The van der Waals surface area contributed by atoms with Gasteiger partial charge in [-0.3, -0.25) is 4.79 Å². The molecular weight excluding hydrogens is 180 g/mol. The van der Waals surface area contributed by atoms with Crippen LogP contribution in [0.25, 0.3) is 0 Å². The third-order valence-electron chi connectivity index (χ3n) is 1.57. The van der Waals surface area contributed by atoms with Crippen molar-refractivity contribution in [2.75, 3.05) is 13.7 Å². The van der Waals surface area contributed by atoms with E-state index in [1.54, 1.807) is 12.2 Å². The fraction of sp³-hybridized carbons (Fsp3) is 0.545. The molecule has 14 heavy (non-hydrogen) atoms. The van der Waals surface area contributed by atoms with Gasteiger partial charge in [0.1, 0.15) is 0 Å². The fourth-order valence-corrected chi connectivity index (χ4v) is 0.828. The van der Waals surface area contributed by atoms with Crippen LogP contribution in [-0.4, -0.2) is 24.8 Å². The van der Waals surface area contributed by atoms with E-state index >= 15 is 0 Å². The Kier molecular flexibility index (Phi) is 8.92. The lowest BCUT2D eigenvalue weighted by Gasteiger charge is -1.95. The number of esters is 1. The summed E-state index contributed by atoms with van der Waals surface area (Å²) in [6.45, 7) is 0.0248. The van der Waals surface area contributed by atoms with Crippen LogP contribution in [0, 0.1) is 11.8 Å². The van der Waals surface area contributed by atoms with E-state index in [1.165, 1.54) is 7.11 Å². The van der Waals surface area contributed by atoms with E-state index in [0.29, 0.717) is 6.42 Å². The number of aliphatic hydroxyl groups excluding tert-OH is 1. The maximum Gasteiger partial charge on any atom is 0.305 e. The Labute approximate surface area is 84.8 Å². The highest BCUT2D eigenvalue weighted by molar-refractivity contribution is 5.68. The average molecular weight is 196 g/mol. The summed E-state index contributed by atoms with van der Waals surface area (Å²) in [7, 11) is 1.39. The number of carbonyl (C=O) groups is 1. The number of aliphatic hydroxyl groups is 1. The van der Waals surface area contributed by atoms with E-state index in [1.807, 2.05) is 0 Å². The second kappa shape index (κ2) is 9.82. The average Bonchev–Trinajstić information content (AvgIpc) is 2.21. The molecule has 0 aromatic carbocycles. The number of allylic oxidation sites excluding steroid dienone is 1. The van der Waals surface area contributed by atoms with Crippen LogP contribution in [0.5, 0.6) is 0 Å². The molecule has 0 saturated heterocycles. The molecule has 0 aliphatic heterocycles. The molecule has 0 aliphatic carbocycles. The van der Waals surface area contributed by atoms with Gasteiger partial charge in [-0.1, -0.05) is 17.9 Å². The highest BCUT2D eigenvalue weighted by Gasteiger charge is 1.97. The van der Waals surface area contributed by atoms with Gasteiger partial charge in [-0.05, 0) is 18.9 Å². The lowest BCUT2D eigenvalue weighted by Crippen LogP contribution is -1.98. The molecule has 0 saturated carbocycles. The summed E-state index contributed by atoms with van der Waals surface area (Å²) < 4.78 is 4.50. The number of ether oxygens (including phenoxy) is 1. The number of methoxy groups -OCH3 is 1. The number of unbranched alkanes of at least 4 members (excludes halogenated alkanes) is 2. The van der Waals surface area contributed by atoms with Gasteiger partial charge in [-0.15, -0.1) is 0 Å². The van der Waals surface area contributed by atoms with E-state index in [-0.39, 0.29) is 12.6 Å². The summed E-state index contributed by atoms with van der Waals surface area (Å²) in [6, 6.07) is 0. The zero-order valence-corrected chi connectivity index (χ0v) is 8.45. The van der Waals surface area contributed by atoms with Crippen LogP contribution in [0.1, 0.15) is 25.7 Å². The maximum atomic E-state index is 10.7. The predicted molar refractivity (Wildman–Crippen MR) is 54.5 cm³/mol. The fourth-order valence-electron chi connectivity index (χ4n) is 0.828. The zero-order chi connectivity index (χ0) is 10.6. The molecule has 78 valence electrons. The van der Waals surface area contributed by atoms with Gasteiger partial charge < -0.3 is 9.84 Å². The van der Waals surface area contributed by atoms with E-state index in [2.05, 4.69) is 16.6 Å². The van der Waals surface area contributed by atoms with Crippen molar-refractivity contribution in [2.24, 2.45) is 0 Å². The number of hydrogen-bond acceptors (Lipinski definition) is 3. The van der Waals surface area contributed by atoms with Crippen LogP contribution >= 0.6 is 0 Å². The smallest absolute Gasteiger partial charge is 0.305 e. The predicted octanol–water partition coefficient (Wildman–Crippen LogP) is 1.27. The minimum atomic E-state index is -0.168. The van der Waals surface area contributed by atoms with Crippen LogP contribution in [0.3, 0.4) is 0 Å². The van der Waals surface area contributed by atoms with Crippen molar-refractivity contribution >= 4 is 5.97 Å². The van der Waals surface area contributed by atoms with Gasteiger partial charge in [-0.25, -0.2) is 0 Å². The second-order valence-corrected chi connectivity index (χ2v) is 2.69. The van der Waals surface area contributed by atoms with Crippen molar-refractivity contribution in [3.05, 3.63) is 12.2 Å². The minimum absolute atomic E-state index is 0.0248. The molecule has 0 atom stereocenters. The highest BCUT2D eigenvalue weighted by Crippen LogP contribution is 1.99. The summed E-state index contributed by atoms with van der Waals surface area (Å²) in [5, 5.41) is 8.39. The Hall–Kier alpha value is -1.27. The summed E-state index contributed by atoms with van der Waals surface area (Å²) in [5.41, 5.74) is 0. The first-order valence-electron chi connectivity index (χ1n) is 4.62. The monoisotopic (exact) mass is 196 g/mol. The molecule has 0 unspecified atom stereocenters. The zero-order valence-electron chi connectivity index (χ0n) is 8.45. The first kappa shape index (κ1) is 12.7. The van der Waals surface area contributed by atoms with Crippen LogP contribution in [0.4, 0.5) is 0 Å². The highest BCUT2D eigenvalue weighted by atomic mass is 16.5. The minimum Gasteiger partial charge on any atom is -0.469 e. The molecular formula is C11H16O3. The van der Waals surface area contributed by atoms with Crippen LogP contribution < -0.4 is 0 Å². The molecule has 3 heteroatoms. The number of carbonyl (C=O) groups excluding carboxylic acids is 1. The molecule has 0 rings (SSSR count). The van der Waals surface area contributed by atoms with Crippen molar-refractivity contribution in [2.45, 2.75) is 25.7 Å². The van der Waals surface area contributed by atoms with Crippen LogP contribution in [0.2, 0.25) is 0 Å². The summed E-state index contributed by atoms with van der Waals surface area (Å²) >= 11 is 0. The van der Waals surface area contributed by atoms with Gasteiger partial charge in [0, 0.05) is 12.8 Å². The molecule has 0 amide bonds. The Bertz CT molecular complexity index is 233. The van der Waals surface area contributed by atoms with Gasteiger partial charge in [0.15, 0.2) is 0 Å². The van der Waals surface area contributed by atoms with Gasteiger partial charge in [0.2, 0.25) is 0 Å². The second-order valence-electron chi connectivity index (χ2n) is 2.69. The van der Waals surface area contributed by atoms with Gasteiger partial charge in [0.05, 0.1) is 13.7 Å². The summed E-state index contributed by atoms with van der Waals surface area (Å²) in [4.78, 5) is 10.7. The standard InChI is InChI=1S/C11H16O3/c1-14-11(13)9-7-5-3-2-4-6-8-10-12/h6,8,12H,3,5,7,9-10H2,1H3. The maximum absolute atomic E-state index is 10.7. The lowest BCUT2D eigenvalue weighted by atomic mass is 10.2. The molecule has 0 radical (unpaired) electrons. The first-order chi connectivity index (χ1) is 6.81. The summed E-state index contributed by atoms with van der Waals surface area (Å²) in [6.07, 6.45) is 6.15. The van der Waals surface area contributed by atoms with Crippen LogP contribution in [0.15, 0.2) is 12.2 Å². The Balaban J connectivity index is 3.31. The van der Waals surface area contributed by atoms with Gasteiger partial charge in [-0.2, -0.15) is 0 Å². The van der Waals surface area contributed by atoms with Crippen molar-refractivity contribution < 1.29 is 14.6 Å². The van der Waals surface area contributed by atoms with Crippen molar-refractivity contribution in [3.63, 3.8) is 0 Å². The molecule has 1 N–H and O–H groups in total. The Morgan fingerprint density at radius 1 is 1.50 bits per heavy atom. The van der Waals surface area contributed by atoms with Gasteiger partial charge >= 0.3 is 5.97 Å². The number of hydrogen-bond donors (Lipinski definition) is 1.